The second-order valence-corrected chi connectivity index (χ2v) is 14.3. The highest BCUT2D eigenvalue weighted by molar-refractivity contribution is 6.09. The van der Waals surface area contributed by atoms with E-state index in [1.807, 2.05) is 30.3 Å². The van der Waals surface area contributed by atoms with Crippen molar-refractivity contribution in [1.29, 1.82) is 0 Å². The van der Waals surface area contributed by atoms with Crippen LogP contribution in [-0.4, -0.2) is 15.0 Å². The Balaban J connectivity index is 1.12. The van der Waals surface area contributed by atoms with Crippen molar-refractivity contribution < 1.29 is 4.42 Å². The van der Waals surface area contributed by atoms with Crippen LogP contribution in [-0.2, 0) is 0 Å². The Morgan fingerprint density at radius 1 is 0.281 bits per heavy atom. The van der Waals surface area contributed by atoms with Crippen molar-refractivity contribution in [3.63, 3.8) is 0 Å². The van der Waals surface area contributed by atoms with E-state index in [1.165, 1.54) is 32.7 Å². The maximum absolute atomic E-state index is 6.52. The van der Waals surface area contributed by atoms with Crippen LogP contribution < -0.4 is 0 Å². The summed E-state index contributed by atoms with van der Waals surface area (Å²) in [7, 11) is 0. The highest BCUT2D eigenvalue weighted by atomic mass is 16.3. The molecule has 9 aromatic carbocycles. The number of hydrogen-bond acceptors (Lipinski definition) is 4. The third-order valence-corrected chi connectivity index (χ3v) is 11.0. The summed E-state index contributed by atoms with van der Waals surface area (Å²) in [6.45, 7) is 0. The molecule has 4 nitrogen and oxygen atoms in total. The summed E-state index contributed by atoms with van der Waals surface area (Å²) in [6.07, 6.45) is 0. The van der Waals surface area contributed by atoms with Gasteiger partial charge in [0.25, 0.3) is 0 Å². The molecule has 0 amide bonds. The van der Waals surface area contributed by atoms with Crippen molar-refractivity contribution in [1.82, 2.24) is 15.0 Å². The summed E-state index contributed by atoms with van der Waals surface area (Å²) < 4.78 is 6.52. The lowest BCUT2D eigenvalue weighted by molar-refractivity contribution is 0.669. The van der Waals surface area contributed by atoms with Crippen molar-refractivity contribution in [3.8, 4) is 67.5 Å². The number of furan rings is 1. The molecule has 0 atom stereocenters. The van der Waals surface area contributed by atoms with Gasteiger partial charge >= 0.3 is 0 Å². The highest BCUT2D eigenvalue weighted by Crippen LogP contribution is 2.40. The molecule has 2 heterocycles. The van der Waals surface area contributed by atoms with Gasteiger partial charge in [-0.1, -0.05) is 176 Å². The predicted octanol–water partition coefficient (Wildman–Crippen LogP) is 14.1. The monoisotopic (exact) mass is 727 g/mol. The third-order valence-electron chi connectivity index (χ3n) is 11.0. The van der Waals surface area contributed by atoms with Gasteiger partial charge in [-0.15, -0.1) is 0 Å². The van der Waals surface area contributed by atoms with Gasteiger partial charge in [0, 0.05) is 21.9 Å². The topological polar surface area (TPSA) is 51.8 Å². The van der Waals surface area contributed by atoms with E-state index >= 15 is 0 Å². The smallest absolute Gasteiger partial charge is 0.167 e. The van der Waals surface area contributed by atoms with Gasteiger partial charge in [-0.2, -0.15) is 0 Å². The van der Waals surface area contributed by atoms with Gasteiger partial charge in [0.1, 0.15) is 11.2 Å². The molecule has 2 aromatic heterocycles. The zero-order valence-electron chi connectivity index (χ0n) is 30.8. The lowest BCUT2D eigenvalue weighted by Crippen LogP contribution is -2.01. The van der Waals surface area contributed by atoms with Crippen molar-refractivity contribution in [2.45, 2.75) is 0 Å². The lowest BCUT2D eigenvalue weighted by Gasteiger charge is -2.15. The average molecular weight is 728 g/mol. The molecule has 0 aliphatic rings. The van der Waals surface area contributed by atoms with E-state index in [0.29, 0.717) is 17.5 Å². The minimum Gasteiger partial charge on any atom is -0.455 e. The third kappa shape index (κ3) is 5.74. The van der Waals surface area contributed by atoms with Crippen LogP contribution in [0.25, 0.3) is 111 Å². The SMILES string of the molecule is c1ccc(-c2cc(-c3cccc4ccccc34)ccc2-c2nc(-c3ccc(-c4cccc5ccccc45)cc3)nc(-c3cccc4c3oc3ccccc34)n2)cc1. The maximum atomic E-state index is 6.52. The van der Waals surface area contributed by atoms with E-state index in [1.54, 1.807) is 0 Å². The number of para-hydroxylation sites is 2. The molecule has 0 spiro atoms. The Labute approximate surface area is 329 Å². The van der Waals surface area contributed by atoms with E-state index < -0.39 is 0 Å². The van der Waals surface area contributed by atoms with Gasteiger partial charge in [0.15, 0.2) is 17.5 Å². The molecular formula is C53H33N3O. The number of nitrogens with zero attached hydrogens (tertiary/aromatic N) is 3. The second kappa shape index (κ2) is 13.6. The molecule has 0 aliphatic carbocycles. The predicted molar refractivity (Wildman–Crippen MR) is 235 cm³/mol. The molecule has 266 valence electrons. The van der Waals surface area contributed by atoms with Crippen LogP contribution >= 0.6 is 0 Å². The molecule has 57 heavy (non-hydrogen) atoms. The first kappa shape index (κ1) is 32.7. The van der Waals surface area contributed by atoms with Crippen molar-refractivity contribution in [3.05, 3.63) is 200 Å². The molecule has 11 rings (SSSR count). The zero-order chi connectivity index (χ0) is 37.7. The van der Waals surface area contributed by atoms with Crippen LogP contribution in [0.15, 0.2) is 205 Å². The largest absolute Gasteiger partial charge is 0.455 e. The second-order valence-electron chi connectivity index (χ2n) is 14.3. The summed E-state index contributed by atoms with van der Waals surface area (Å²) >= 11 is 0. The van der Waals surface area contributed by atoms with Gasteiger partial charge < -0.3 is 4.42 Å². The Kier molecular flexibility index (Phi) is 7.78. The fourth-order valence-corrected chi connectivity index (χ4v) is 8.19. The van der Waals surface area contributed by atoms with E-state index in [4.69, 9.17) is 19.4 Å². The first-order valence-electron chi connectivity index (χ1n) is 19.2. The minimum atomic E-state index is 0.551. The molecule has 0 radical (unpaired) electrons. The summed E-state index contributed by atoms with van der Waals surface area (Å²) in [5.41, 5.74) is 10.9. The van der Waals surface area contributed by atoms with Crippen LogP contribution in [0.2, 0.25) is 0 Å². The highest BCUT2D eigenvalue weighted by Gasteiger charge is 2.20. The van der Waals surface area contributed by atoms with Gasteiger partial charge in [0.2, 0.25) is 0 Å². The van der Waals surface area contributed by atoms with E-state index in [0.717, 1.165) is 60.9 Å². The first-order valence-corrected chi connectivity index (χ1v) is 19.2. The number of benzene rings is 9. The molecule has 11 aromatic rings. The Hall–Kier alpha value is -7.69. The fourth-order valence-electron chi connectivity index (χ4n) is 8.19. The van der Waals surface area contributed by atoms with Crippen molar-refractivity contribution in [2.75, 3.05) is 0 Å². The standard InChI is InChI=1S/C53H33N3O/c1-2-13-36(14-3-1)48-33-39(43-23-11-18-35-16-5-7-20-41(35)43)31-32-46(48)52-54-51(38-29-27-37(28-30-38)42-22-10-17-34-15-4-6-19-40(34)42)55-53(56-52)47-25-12-24-45-44-21-8-9-26-49(44)57-50(45)47/h1-33H. The number of fused-ring (bicyclic) bond motifs is 5. The fraction of sp³-hybridized carbons (Fsp3) is 0. The van der Waals surface area contributed by atoms with Gasteiger partial charge in [-0.25, -0.2) is 15.0 Å². The van der Waals surface area contributed by atoms with Gasteiger partial charge in [0.05, 0.1) is 5.56 Å². The number of hydrogen-bond donors (Lipinski definition) is 0. The van der Waals surface area contributed by atoms with Gasteiger partial charge in [-0.05, 0) is 79.2 Å². The van der Waals surface area contributed by atoms with Crippen LogP contribution in [0.4, 0.5) is 0 Å². The Morgan fingerprint density at radius 3 is 1.51 bits per heavy atom. The molecule has 4 heteroatoms. The first-order chi connectivity index (χ1) is 28.2. The minimum absolute atomic E-state index is 0.551. The number of aromatic nitrogens is 3. The summed E-state index contributed by atoms with van der Waals surface area (Å²) in [6, 6.07) is 70.0. The lowest BCUT2D eigenvalue weighted by atomic mass is 9.92. The van der Waals surface area contributed by atoms with Crippen LogP contribution in [0.3, 0.4) is 0 Å². The summed E-state index contributed by atoms with van der Waals surface area (Å²) in [4.78, 5) is 15.7. The molecule has 0 aliphatic heterocycles. The summed E-state index contributed by atoms with van der Waals surface area (Å²) in [5, 5.41) is 6.93. The Morgan fingerprint density at radius 2 is 0.772 bits per heavy atom. The molecule has 0 N–H and O–H groups in total. The van der Waals surface area contributed by atoms with Crippen LogP contribution in [0.5, 0.6) is 0 Å². The summed E-state index contributed by atoms with van der Waals surface area (Å²) in [5.74, 6) is 1.73. The molecular weight excluding hydrogens is 695 g/mol. The number of rotatable bonds is 6. The van der Waals surface area contributed by atoms with Crippen LogP contribution in [0.1, 0.15) is 0 Å². The van der Waals surface area contributed by atoms with Crippen molar-refractivity contribution >= 4 is 43.5 Å². The molecule has 0 bridgehead atoms. The zero-order valence-corrected chi connectivity index (χ0v) is 30.8. The Bertz CT molecular complexity index is 3280. The van der Waals surface area contributed by atoms with Crippen LogP contribution in [0, 0.1) is 0 Å². The van der Waals surface area contributed by atoms with E-state index in [9.17, 15) is 0 Å². The molecule has 0 unspecified atom stereocenters. The van der Waals surface area contributed by atoms with E-state index in [2.05, 4.69) is 170 Å². The van der Waals surface area contributed by atoms with E-state index in [-0.39, 0.29) is 0 Å². The quantitative estimate of drug-likeness (QED) is 0.171. The molecule has 0 saturated carbocycles. The average Bonchev–Trinajstić information content (AvgIpc) is 3.68. The van der Waals surface area contributed by atoms with Crippen molar-refractivity contribution in [2.24, 2.45) is 0 Å². The maximum Gasteiger partial charge on any atom is 0.167 e. The normalized spacial score (nSPS) is 11.5. The molecule has 0 saturated heterocycles. The molecule has 0 fully saturated rings. The van der Waals surface area contributed by atoms with Gasteiger partial charge in [-0.3, -0.25) is 0 Å².